The molecule has 1 aromatic rings. The number of ether oxygens (including phenoxy) is 1. The van der Waals surface area contributed by atoms with Crippen molar-refractivity contribution in [3.63, 3.8) is 0 Å². The van der Waals surface area contributed by atoms with Crippen LogP contribution >= 0.6 is 0 Å². The molecule has 0 heterocycles. The van der Waals surface area contributed by atoms with Crippen LogP contribution in [0.1, 0.15) is 51.5 Å². The number of phenolic OH excluding ortho intramolecular Hbond substituents is 1. The van der Waals surface area contributed by atoms with E-state index >= 15 is 0 Å². The van der Waals surface area contributed by atoms with Gasteiger partial charge in [0.1, 0.15) is 0 Å². The fraction of sp³-hybridized carbons (Fsp3) is 0.647. The quantitative estimate of drug-likeness (QED) is 0.803. The first kappa shape index (κ1) is 15.2. The molecule has 1 aromatic carbocycles. The normalized spacial score (nSPS) is 23.3. The summed E-state index contributed by atoms with van der Waals surface area (Å²) in [5, 5.41) is 13.4. The second-order valence-corrected chi connectivity index (χ2v) is 5.93. The zero-order valence-electron chi connectivity index (χ0n) is 12.7. The highest BCUT2D eigenvalue weighted by Gasteiger charge is 2.15. The summed E-state index contributed by atoms with van der Waals surface area (Å²) >= 11 is 0. The van der Waals surface area contributed by atoms with E-state index in [1.807, 2.05) is 19.1 Å². The minimum atomic E-state index is 0.221. The molecule has 20 heavy (non-hydrogen) atoms. The smallest absolute Gasteiger partial charge is 0.161 e. The van der Waals surface area contributed by atoms with E-state index in [0.29, 0.717) is 18.4 Å². The van der Waals surface area contributed by atoms with E-state index < -0.39 is 0 Å². The Morgan fingerprint density at radius 1 is 1.25 bits per heavy atom. The van der Waals surface area contributed by atoms with Gasteiger partial charge in [0.05, 0.1) is 6.61 Å². The van der Waals surface area contributed by atoms with E-state index in [9.17, 15) is 5.11 Å². The maximum absolute atomic E-state index is 9.70. The second kappa shape index (κ2) is 7.53. The molecule has 1 aliphatic carbocycles. The molecular formula is C17H27NO2. The van der Waals surface area contributed by atoms with E-state index in [1.165, 1.54) is 37.7 Å². The molecule has 0 saturated heterocycles. The van der Waals surface area contributed by atoms with Crippen molar-refractivity contribution >= 4 is 0 Å². The summed E-state index contributed by atoms with van der Waals surface area (Å²) in [7, 11) is 0. The molecule has 1 fully saturated rings. The molecule has 0 amide bonds. The topological polar surface area (TPSA) is 41.5 Å². The summed E-state index contributed by atoms with van der Waals surface area (Å²) < 4.78 is 5.43. The van der Waals surface area contributed by atoms with Gasteiger partial charge in [0, 0.05) is 12.6 Å². The van der Waals surface area contributed by atoms with Gasteiger partial charge in [-0.25, -0.2) is 0 Å². The van der Waals surface area contributed by atoms with E-state index in [0.717, 1.165) is 12.5 Å². The van der Waals surface area contributed by atoms with Gasteiger partial charge in [-0.2, -0.15) is 0 Å². The maximum atomic E-state index is 9.70. The molecule has 2 N–H and O–H groups in total. The van der Waals surface area contributed by atoms with Crippen LogP contribution in [0.2, 0.25) is 0 Å². The number of hydrogen-bond acceptors (Lipinski definition) is 3. The van der Waals surface area contributed by atoms with Crippen LogP contribution in [0.3, 0.4) is 0 Å². The third-order valence-electron chi connectivity index (χ3n) is 4.18. The molecule has 3 heteroatoms. The van der Waals surface area contributed by atoms with Crippen LogP contribution in [0.5, 0.6) is 11.5 Å². The van der Waals surface area contributed by atoms with Crippen molar-refractivity contribution in [2.45, 2.75) is 58.5 Å². The predicted molar refractivity (Wildman–Crippen MR) is 82.2 cm³/mol. The van der Waals surface area contributed by atoms with Gasteiger partial charge in [-0.15, -0.1) is 0 Å². The van der Waals surface area contributed by atoms with Crippen LogP contribution in [-0.4, -0.2) is 17.8 Å². The van der Waals surface area contributed by atoms with Gasteiger partial charge in [-0.05, 0) is 49.8 Å². The van der Waals surface area contributed by atoms with E-state index in [1.54, 1.807) is 6.07 Å². The van der Waals surface area contributed by atoms with Crippen LogP contribution in [0.4, 0.5) is 0 Å². The summed E-state index contributed by atoms with van der Waals surface area (Å²) in [6, 6.07) is 6.25. The van der Waals surface area contributed by atoms with Crippen molar-refractivity contribution in [1.82, 2.24) is 5.32 Å². The van der Waals surface area contributed by atoms with E-state index in [2.05, 4.69) is 12.2 Å². The Bertz CT molecular complexity index is 419. The lowest BCUT2D eigenvalue weighted by atomic mass is 10.0. The maximum Gasteiger partial charge on any atom is 0.161 e. The Kier molecular flexibility index (Phi) is 5.72. The highest BCUT2D eigenvalue weighted by molar-refractivity contribution is 5.41. The van der Waals surface area contributed by atoms with E-state index in [4.69, 9.17) is 4.74 Å². The first-order valence-corrected chi connectivity index (χ1v) is 7.87. The Balaban J connectivity index is 1.88. The number of benzene rings is 1. The highest BCUT2D eigenvalue weighted by atomic mass is 16.5. The SMILES string of the molecule is CCOc1cc(CNC2CCCC(C)CC2)ccc1O. The van der Waals surface area contributed by atoms with Gasteiger partial charge >= 0.3 is 0 Å². The largest absolute Gasteiger partial charge is 0.504 e. The molecular weight excluding hydrogens is 250 g/mol. The molecule has 2 atom stereocenters. The summed E-state index contributed by atoms with van der Waals surface area (Å²) in [5.74, 6) is 1.68. The first-order valence-electron chi connectivity index (χ1n) is 7.87. The van der Waals surface area contributed by atoms with Gasteiger partial charge in [-0.3, -0.25) is 0 Å². The lowest BCUT2D eigenvalue weighted by molar-refractivity contribution is 0.317. The van der Waals surface area contributed by atoms with Crippen LogP contribution in [0.15, 0.2) is 18.2 Å². The van der Waals surface area contributed by atoms with Crippen LogP contribution in [0, 0.1) is 5.92 Å². The van der Waals surface area contributed by atoms with Crippen LogP contribution < -0.4 is 10.1 Å². The zero-order valence-corrected chi connectivity index (χ0v) is 12.7. The predicted octanol–water partition coefficient (Wildman–Crippen LogP) is 3.85. The van der Waals surface area contributed by atoms with Gasteiger partial charge < -0.3 is 15.2 Å². The Labute approximate surface area is 122 Å². The minimum absolute atomic E-state index is 0.221. The molecule has 0 spiro atoms. The molecule has 1 aliphatic rings. The second-order valence-electron chi connectivity index (χ2n) is 5.93. The number of nitrogens with one attached hydrogen (secondary N) is 1. The van der Waals surface area contributed by atoms with E-state index in [-0.39, 0.29) is 5.75 Å². The summed E-state index contributed by atoms with van der Waals surface area (Å²) in [4.78, 5) is 0. The lowest BCUT2D eigenvalue weighted by Crippen LogP contribution is -2.27. The fourth-order valence-corrected chi connectivity index (χ4v) is 2.89. The average Bonchev–Trinajstić information content (AvgIpc) is 2.65. The van der Waals surface area contributed by atoms with Gasteiger partial charge in [0.15, 0.2) is 11.5 Å². The molecule has 0 bridgehead atoms. The number of rotatable bonds is 5. The van der Waals surface area contributed by atoms with Crippen molar-refractivity contribution in [2.75, 3.05) is 6.61 Å². The third-order valence-corrected chi connectivity index (χ3v) is 4.18. The summed E-state index contributed by atoms with van der Waals surface area (Å²) in [5.41, 5.74) is 1.17. The van der Waals surface area contributed by atoms with Crippen molar-refractivity contribution < 1.29 is 9.84 Å². The first-order chi connectivity index (χ1) is 9.69. The molecule has 0 aliphatic heterocycles. The summed E-state index contributed by atoms with van der Waals surface area (Å²) in [6.07, 6.45) is 6.58. The Hall–Kier alpha value is -1.22. The van der Waals surface area contributed by atoms with Crippen LogP contribution in [0.25, 0.3) is 0 Å². The van der Waals surface area contributed by atoms with Gasteiger partial charge in [0.2, 0.25) is 0 Å². The Morgan fingerprint density at radius 2 is 2.10 bits per heavy atom. The molecule has 2 unspecified atom stereocenters. The molecule has 0 radical (unpaired) electrons. The number of phenols is 1. The minimum Gasteiger partial charge on any atom is -0.504 e. The van der Waals surface area contributed by atoms with Gasteiger partial charge in [0.25, 0.3) is 0 Å². The monoisotopic (exact) mass is 277 g/mol. The molecule has 2 rings (SSSR count). The lowest BCUT2D eigenvalue weighted by Gasteiger charge is -2.17. The standard InChI is InChI=1S/C17H27NO2/c1-3-20-17-11-14(8-10-16(17)19)12-18-15-6-4-5-13(2)7-9-15/h8,10-11,13,15,18-19H,3-7,9,12H2,1-2H3. The third kappa shape index (κ3) is 4.41. The highest BCUT2D eigenvalue weighted by Crippen LogP contribution is 2.27. The Morgan fingerprint density at radius 3 is 2.90 bits per heavy atom. The zero-order chi connectivity index (χ0) is 14.4. The van der Waals surface area contributed by atoms with Crippen molar-refractivity contribution in [1.29, 1.82) is 0 Å². The number of aromatic hydroxyl groups is 1. The fourth-order valence-electron chi connectivity index (χ4n) is 2.89. The average molecular weight is 277 g/mol. The van der Waals surface area contributed by atoms with Crippen molar-refractivity contribution in [3.05, 3.63) is 23.8 Å². The van der Waals surface area contributed by atoms with Crippen molar-refractivity contribution in [3.8, 4) is 11.5 Å². The molecule has 1 saturated carbocycles. The van der Waals surface area contributed by atoms with Crippen LogP contribution in [-0.2, 0) is 6.54 Å². The molecule has 112 valence electrons. The van der Waals surface area contributed by atoms with Gasteiger partial charge in [-0.1, -0.05) is 25.8 Å². The number of hydrogen-bond donors (Lipinski definition) is 2. The molecule has 3 nitrogen and oxygen atoms in total. The van der Waals surface area contributed by atoms with Crippen molar-refractivity contribution in [2.24, 2.45) is 5.92 Å². The summed E-state index contributed by atoms with van der Waals surface area (Å²) in [6.45, 7) is 5.71. The molecule has 0 aromatic heterocycles.